The van der Waals surface area contributed by atoms with Crippen LogP contribution in [0.1, 0.15) is 26.7 Å². The molecule has 94 valence electrons. The molecule has 2 rings (SSSR count). The molecule has 1 N–H and O–H groups in total. The van der Waals surface area contributed by atoms with E-state index in [4.69, 9.17) is 0 Å². The maximum absolute atomic E-state index is 3.45. The zero-order valence-electron chi connectivity index (χ0n) is 11.1. The SMILES string of the molecule is CCN(CC1(C)CCNCC1)c1ccccc1. The third-order valence-electron chi connectivity index (χ3n) is 3.89. The van der Waals surface area contributed by atoms with Crippen molar-refractivity contribution in [2.45, 2.75) is 26.7 Å². The molecule has 0 aliphatic carbocycles. The predicted molar refractivity (Wildman–Crippen MR) is 74.5 cm³/mol. The van der Waals surface area contributed by atoms with E-state index in [0.717, 1.165) is 6.54 Å². The van der Waals surface area contributed by atoms with E-state index in [0.29, 0.717) is 5.41 Å². The van der Waals surface area contributed by atoms with E-state index in [1.165, 1.54) is 38.2 Å². The summed E-state index contributed by atoms with van der Waals surface area (Å²) in [5.74, 6) is 0. The zero-order chi connectivity index (χ0) is 12.1. The van der Waals surface area contributed by atoms with Gasteiger partial charge in [-0.2, -0.15) is 0 Å². The summed E-state index contributed by atoms with van der Waals surface area (Å²) in [5.41, 5.74) is 1.83. The van der Waals surface area contributed by atoms with Gasteiger partial charge in [0.15, 0.2) is 0 Å². The van der Waals surface area contributed by atoms with E-state index in [-0.39, 0.29) is 0 Å². The molecule has 17 heavy (non-hydrogen) atoms. The summed E-state index contributed by atoms with van der Waals surface area (Å²) in [6.07, 6.45) is 2.58. The van der Waals surface area contributed by atoms with Gasteiger partial charge >= 0.3 is 0 Å². The lowest BCUT2D eigenvalue weighted by Gasteiger charge is -2.39. The number of piperidine rings is 1. The third-order valence-corrected chi connectivity index (χ3v) is 3.89. The Morgan fingerprint density at radius 1 is 1.18 bits per heavy atom. The van der Waals surface area contributed by atoms with Crippen LogP contribution >= 0.6 is 0 Å². The van der Waals surface area contributed by atoms with Gasteiger partial charge in [0.1, 0.15) is 0 Å². The highest BCUT2D eigenvalue weighted by molar-refractivity contribution is 5.46. The molecule has 0 spiro atoms. The second kappa shape index (κ2) is 5.54. The lowest BCUT2D eigenvalue weighted by Crippen LogP contribution is -2.43. The molecule has 0 atom stereocenters. The molecule has 0 bridgehead atoms. The Hall–Kier alpha value is -1.02. The first-order chi connectivity index (χ1) is 8.23. The summed E-state index contributed by atoms with van der Waals surface area (Å²) >= 11 is 0. The van der Waals surface area contributed by atoms with Crippen molar-refractivity contribution in [3.8, 4) is 0 Å². The molecular formula is C15H24N2. The monoisotopic (exact) mass is 232 g/mol. The van der Waals surface area contributed by atoms with Crippen LogP contribution in [0.4, 0.5) is 5.69 Å². The molecule has 1 fully saturated rings. The van der Waals surface area contributed by atoms with E-state index in [1.807, 2.05) is 0 Å². The summed E-state index contributed by atoms with van der Waals surface area (Å²) in [7, 11) is 0. The van der Waals surface area contributed by atoms with E-state index >= 15 is 0 Å². The van der Waals surface area contributed by atoms with Crippen LogP contribution in [0.5, 0.6) is 0 Å². The standard InChI is InChI=1S/C15H24N2/c1-3-17(14-7-5-4-6-8-14)13-15(2)9-11-16-12-10-15/h4-8,16H,3,9-13H2,1-2H3. The normalized spacial score (nSPS) is 18.9. The van der Waals surface area contributed by atoms with Crippen molar-refractivity contribution >= 4 is 5.69 Å². The molecule has 2 nitrogen and oxygen atoms in total. The summed E-state index contributed by atoms with van der Waals surface area (Å²) in [6, 6.07) is 10.8. The molecule has 0 aromatic heterocycles. The molecule has 1 saturated heterocycles. The van der Waals surface area contributed by atoms with E-state index in [2.05, 4.69) is 54.4 Å². The maximum Gasteiger partial charge on any atom is 0.0366 e. The lowest BCUT2D eigenvalue weighted by atomic mass is 9.80. The quantitative estimate of drug-likeness (QED) is 0.858. The molecule has 1 aliphatic rings. The Balaban J connectivity index is 2.04. The fourth-order valence-electron chi connectivity index (χ4n) is 2.67. The van der Waals surface area contributed by atoms with Crippen LogP contribution in [-0.4, -0.2) is 26.2 Å². The molecule has 0 saturated carbocycles. The highest BCUT2D eigenvalue weighted by Gasteiger charge is 2.28. The molecule has 2 heteroatoms. The van der Waals surface area contributed by atoms with Crippen LogP contribution in [0, 0.1) is 5.41 Å². The van der Waals surface area contributed by atoms with Gasteiger partial charge in [-0.3, -0.25) is 0 Å². The summed E-state index contributed by atoms with van der Waals surface area (Å²) in [4.78, 5) is 2.51. The average molecular weight is 232 g/mol. The third kappa shape index (κ3) is 3.22. The van der Waals surface area contributed by atoms with Crippen molar-refractivity contribution < 1.29 is 0 Å². The fraction of sp³-hybridized carbons (Fsp3) is 0.600. The van der Waals surface area contributed by atoms with E-state index in [9.17, 15) is 0 Å². The van der Waals surface area contributed by atoms with Crippen LogP contribution in [0.25, 0.3) is 0 Å². The first-order valence-corrected chi connectivity index (χ1v) is 6.74. The van der Waals surface area contributed by atoms with Gasteiger partial charge in [0.25, 0.3) is 0 Å². The van der Waals surface area contributed by atoms with Gasteiger partial charge in [0, 0.05) is 18.8 Å². The van der Waals surface area contributed by atoms with Crippen LogP contribution in [0.3, 0.4) is 0 Å². The van der Waals surface area contributed by atoms with Crippen molar-refractivity contribution in [2.24, 2.45) is 5.41 Å². The van der Waals surface area contributed by atoms with Gasteiger partial charge in [-0.1, -0.05) is 25.1 Å². The van der Waals surface area contributed by atoms with Crippen molar-refractivity contribution in [1.29, 1.82) is 0 Å². The van der Waals surface area contributed by atoms with Gasteiger partial charge in [-0.05, 0) is 50.4 Å². The number of benzene rings is 1. The number of nitrogens with zero attached hydrogens (tertiary/aromatic N) is 1. The summed E-state index contributed by atoms with van der Waals surface area (Å²) < 4.78 is 0. The van der Waals surface area contributed by atoms with Crippen LogP contribution in [-0.2, 0) is 0 Å². The Bertz CT molecular complexity index is 328. The number of hydrogen-bond donors (Lipinski definition) is 1. The minimum atomic E-state index is 0.469. The Labute approximate surface area is 105 Å². The summed E-state index contributed by atoms with van der Waals surface area (Å²) in [6.45, 7) is 9.28. The van der Waals surface area contributed by atoms with Crippen molar-refractivity contribution in [3.05, 3.63) is 30.3 Å². The van der Waals surface area contributed by atoms with Gasteiger partial charge in [0.2, 0.25) is 0 Å². The lowest BCUT2D eigenvalue weighted by molar-refractivity contribution is 0.234. The van der Waals surface area contributed by atoms with Crippen molar-refractivity contribution in [2.75, 3.05) is 31.1 Å². The minimum Gasteiger partial charge on any atom is -0.371 e. The molecular weight excluding hydrogens is 208 g/mol. The zero-order valence-corrected chi connectivity index (χ0v) is 11.1. The fourth-order valence-corrected chi connectivity index (χ4v) is 2.67. The Morgan fingerprint density at radius 3 is 2.41 bits per heavy atom. The number of nitrogens with one attached hydrogen (secondary N) is 1. The maximum atomic E-state index is 3.45. The number of anilines is 1. The Kier molecular flexibility index (Phi) is 4.06. The van der Waals surface area contributed by atoms with Gasteiger partial charge < -0.3 is 10.2 Å². The van der Waals surface area contributed by atoms with Crippen molar-refractivity contribution in [1.82, 2.24) is 5.32 Å². The van der Waals surface area contributed by atoms with Crippen LogP contribution in [0.15, 0.2) is 30.3 Å². The molecule has 1 aromatic carbocycles. The number of hydrogen-bond acceptors (Lipinski definition) is 2. The average Bonchev–Trinajstić information content (AvgIpc) is 2.38. The van der Waals surface area contributed by atoms with Gasteiger partial charge in [0.05, 0.1) is 0 Å². The molecule has 1 aromatic rings. The molecule has 1 heterocycles. The smallest absolute Gasteiger partial charge is 0.0366 e. The summed E-state index contributed by atoms with van der Waals surface area (Å²) in [5, 5.41) is 3.45. The number of rotatable bonds is 4. The van der Waals surface area contributed by atoms with E-state index < -0.39 is 0 Å². The second-order valence-corrected chi connectivity index (χ2v) is 5.41. The first-order valence-electron chi connectivity index (χ1n) is 6.74. The highest BCUT2D eigenvalue weighted by atomic mass is 15.1. The van der Waals surface area contributed by atoms with E-state index in [1.54, 1.807) is 0 Å². The predicted octanol–water partition coefficient (Wildman–Crippen LogP) is 2.90. The largest absolute Gasteiger partial charge is 0.371 e. The molecule has 1 aliphatic heterocycles. The first kappa shape index (κ1) is 12.4. The molecule has 0 amide bonds. The van der Waals surface area contributed by atoms with Gasteiger partial charge in [-0.25, -0.2) is 0 Å². The van der Waals surface area contributed by atoms with Gasteiger partial charge in [-0.15, -0.1) is 0 Å². The van der Waals surface area contributed by atoms with Crippen LogP contribution in [0.2, 0.25) is 0 Å². The highest BCUT2D eigenvalue weighted by Crippen LogP contribution is 2.30. The number of para-hydroxylation sites is 1. The minimum absolute atomic E-state index is 0.469. The topological polar surface area (TPSA) is 15.3 Å². The van der Waals surface area contributed by atoms with Crippen molar-refractivity contribution in [3.63, 3.8) is 0 Å². The molecule has 0 unspecified atom stereocenters. The molecule has 0 radical (unpaired) electrons. The Morgan fingerprint density at radius 2 is 1.82 bits per heavy atom. The van der Waals surface area contributed by atoms with Crippen LogP contribution < -0.4 is 10.2 Å². The second-order valence-electron chi connectivity index (χ2n) is 5.41.